The van der Waals surface area contributed by atoms with Gasteiger partial charge in [-0.2, -0.15) is 11.3 Å². The molecule has 0 fully saturated rings. The second-order valence-corrected chi connectivity index (χ2v) is 7.38. The second-order valence-electron chi connectivity index (χ2n) is 5.74. The van der Waals surface area contributed by atoms with Crippen LogP contribution in [0.4, 0.5) is 5.69 Å². The Hall–Kier alpha value is -2.02. The Labute approximate surface area is 149 Å². The third-order valence-corrected chi connectivity index (χ3v) is 5.12. The number of amides is 1. The Balaban J connectivity index is 1.52. The van der Waals surface area contributed by atoms with Crippen LogP contribution in [-0.2, 0) is 11.3 Å². The first-order valence-electron chi connectivity index (χ1n) is 7.62. The first-order valence-corrected chi connectivity index (χ1v) is 9.44. The van der Waals surface area contributed by atoms with Gasteiger partial charge in [-0.3, -0.25) is 9.69 Å². The van der Waals surface area contributed by atoms with Gasteiger partial charge < -0.3 is 5.32 Å². The van der Waals surface area contributed by atoms with E-state index in [2.05, 4.69) is 32.5 Å². The van der Waals surface area contributed by atoms with Crippen LogP contribution in [-0.4, -0.2) is 29.4 Å². The summed E-state index contributed by atoms with van der Waals surface area (Å²) in [6.07, 6.45) is 0. The van der Waals surface area contributed by atoms with E-state index in [-0.39, 0.29) is 5.91 Å². The second kappa shape index (κ2) is 7.70. The average molecular weight is 358 g/mol. The molecule has 0 aliphatic carbocycles. The van der Waals surface area contributed by atoms with Crippen LogP contribution in [0, 0.1) is 6.92 Å². The molecule has 1 aromatic carbocycles. The molecule has 0 bridgehead atoms. The van der Waals surface area contributed by atoms with E-state index in [0.29, 0.717) is 13.1 Å². The largest absolute Gasteiger partial charge is 0.325 e. The topological polar surface area (TPSA) is 45.2 Å². The van der Waals surface area contributed by atoms with Crippen LogP contribution in [0.25, 0.3) is 10.6 Å². The molecule has 0 radical (unpaired) electrons. The number of aromatic nitrogens is 1. The van der Waals surface area contributed by atoms with Crippen LogP contribution in [0.15, 0.2) is 46.5 Å². The molecular weight excluding hydrogens is 338 g/mol. The fourth-order valence-corrected chi connectivity index (χ4v) is 3.84. The third kappa shape index (κ3) is 4.50. The van der Waals surface area contributed by atoms with Crippen LogP contribution < -0.4 is 5.32 Å². The summed E-state index contributed by atoms with van der Waals surface area (Å²) in [7, 11) is 1.93. The highest BCUT2D eigenvalue weighted by Gasteiger charge is 2.10. The summed E-state index contributed by atoms with van der Waals surface area (Å²) in [5.41, 5.74) is 4.16. The molecule has 2 heterocycles. The summed E-state index contributed by atoms with van der Waals surface area (Å²) in [5, 5.41) is 10.2. The maximum Gasteiger partial charge on any atom is 0.238 e. The van der Waals surface area contributed by atoms with Gasteiger partial charge in [-0.25, -0.2) is 4.98 Å². The molecule has 3 aromatic rings. The van der Waals surface area contributed by atoms with Gasteiger partial charge in [-0.15, -0.1) is 11.3 Å². The molecule has 2 aromatic heterocycles. The summed E-state index contributed by atoms with van der Waals surface area (Å²) < 4.78 is 0. The van der Waals surface area contributed by atoms with Gasteiger partial charge in [0.15, 0.2) is 0 Å². The molecule has 0 atom stereocenters. The zero-order valence-corrected chi connectivity index (χ0v) is 15.3. The van der Waals surface area contributed by atoms with Crippen molar-refractivity contribution in [3.8, 4) is 10.6 Å². The number of benzene rings is 1. The summed E-state index contributed by atoms with van der Waals surface area (Å²) in [5.74, 6) is -0.0189. The number of nitrogens with one attached hydrogen (secondary N) is 1. The molecule has 6 heteroatoms. The molecule has 0 aliphatic rings. The predicted octanol–water partition coefficient (Wildman–Crippen LogP) is 4.25. The molecular formula is C18H19N3OS2. The van der Waals surface area contributed by atoms with Crippen LogP contribution >= 0.6 is 22.7 Å². The van der Waals surface area contributed by atoms with E-state index in [4.69, 9.17) is 0 Å². The molecule has 1 N–H and O–H groups in total. The van der Waals surface area contributed by atoms with E-state index >= 15 is 0 Å². The number of thiophene rings is 1. The molecule has 0 saturated carbocycles. The molecule has 24 heavy (non-hydrogen) atoms. The number of hydrogen-bond acceptors (Lipinski definition) is 5. The lowest BCUT2D eigenvalue weighted by atomic mass is 10.2. The number of nitrogens with zero attached hydrogens (tertiary/aromatic N) is 2. The maximum atomic E-state index is 12.1. The Bertz CT molecular complexity index is 794. The highest BCUT2D eigenvalue weighted by atomic mass is 32.1. The number of carbonyl (C=O) groups excluding carboxylic acids is 1. The first kappa shape index (κ1) is 16.8. The maximum absolute atomic E-state index is 12.1. The summed E-state index contributed by atoms with van der Waals surface area (Å²) in [4.78, 5) is 18.7. The molecule has 3 rings (SSSR count). The van der Waals surface area contributed by atoms with Crippen LogP contribution in [0.1, 0.15) is 11.3 Å². The number of hydrogen-bond donors (Lipinski definition) is 1. The molecule has 0 unspecified atom stereocenters. The Morgan fingerprint density at radius 3 is 2.71 bits per heavy atom. The van der Waals surface area contributed by atoms with Crippen molar-refractivity contribution in [2.24, 2.45) is 0 Å². The van der Waals surface area contributed by atoms with Gasteiger partial charge >= 0.3 is 0 Å². The fourth-order valence-electron chi connectivity index (χ4n) is 2.31. The summed E-state index contributed by atoms with van der Waals surface area (Å²) in [6, 6.07) is 9.88. The molecule has 0 aliphatic heterocycles. The minimum Gasteiger partial charge on any atom is -0.325 e. The lowest BCUT2D eigenvalue weighted by Gasteiger charge is -2.15. The normalized spacial score (nSPS) is 11.0. The zero-order valence-electron chi connectivity index (χ0n) is 13.7. The van der Waals surface area contributed by atoms with Crippen molar-refractivity contribution < 1.29 is 4.79 Å². The molecule has 4 nitrogen and oxygen atoms in total. The van der Waals surface area contributed by atoms with Gasteiger partial charge in [-0.05, 0) is 37.6 Å². The number of thiazole rings is 1. The summed E-state index contributed by atoms with van der Waals surface area (Å²) >= 11 is 3.31. The number of carbonyl (C=O) groups is 1. The lowest BCUT2D eigenvalue weighted by molar-refractivity contribution is -0.117. The Kier molecular flexibility index (Phi) is 5.40. The number of aryl methyl sites for hydroxylation is 1. The average Bonchev–Trinajstić information content (AvgIpc) is 3.20. The lowest BCUT2D eigenvalue weighted by Crippen LogP contribution is -2.29. The van der Waals surface area contributed by atoms with Gasteiger partial charge in [-0.1, -0.05) is 17.7 Å². The fraction of sp³-hybridized carbons (Fsp3) is 0.222. The van der Waals surface area contributed by atoms with Gasteiger partial charge in [0.25, 0.3) is 0 Å². The molecule has 1 amide bonds. The van der Waals surface area contributed by atoms with Crippen molar-refractivity contribution in [3.05, 3.63) is 57.7 Å². The number of likely N-dealkylation sites (N-methyl/N-ethyl adjacent to an activating group) is 1. The summed E-state index contributed by atoms with van der Waals surface area (Å²) in [6.45, 7) is 3.01. The van der Waals surface area contributed by atoms with E-state index in [1.807, 2.05) is 43.1 Å². The number of anilines is 1. The van der Waals surface area contributed by atoms with E-state index in [1.54, 1.807) is 22.7 Å². The van der Waals surface area contributed by atoms with Crippen molar-refractivity contribution in [1.29, 1.82) is 0 Å². The minimum absolute atomic E-state index is 0.0189. The highest BCUT2D eigenvalue weighted by Crippen LogP contribution is 2.26. The standard InChI is InChI=1S/C18H19N3OS2/c1-13-3-5-15(6-4-13)19-17(22)10-21(2)9-16-12-24-18(20-16)14-7-8-23-11-14/h3-8,11-12H,9-10H2,1-2H3,(H,19,22). The van der Waals surface area contributed by atoms with Gasteiger partial charge in [0.2, 0.25) is 5.91 Å². The monoisotopic (exact) mass is 357 g/mol. The van der Waals surface area contributed by atoms with Crippen molar-refractivity contribution >= 4 is 34.3 Å². The predicted molar refractivity (Wildman–Crippen MR) is 102 cm³/mol. The quantitative estimate of drug-likeness (QED) is 0.717. The van der Waals surface area contributed by atoms with Crippen LogP contribution in [0.3, 0.4) is 0 Å². The molecule has 0 saturated heterocycles. The van der Waals surface area contributed by atoms with Crippen LogP contribution in [0.5, 0.6) is 0 Å². The van der Waals surface area contributed by atoms with Crippen molar-refractivity contribution in [1.82, 2.24) is 9.88 Å². The minimum atomic E-state index is -0.0189. The van der Waals surface area contributed by atoms with Gasteiger partial charge in [0, 0.05) is 28.6 Å². The van der Waals surface area contributed by atoms with Crippen LogP contribution in [0.2, 0.25) is 0 Å². The van der Waals surface area contributed by atoms with Crippen molar-refractivity contribution in [3.63, 3.8) is 0 Å². The van der Waals surface area contributed by atoms with E-state index in [1.165, 1.54) is 5.56 Å². The van der Waals surface area contributed by atoms with E-state index < -0.39 is 0 Å². The third-order valence-electron chi connectivity index (χ3n) is 3.50. The van der Waals surface area contributed by atoms with Gasteiger partial charge in [0.1, 0.15) is 5.01 Å². The number of rotatable bonds is 6. The Morgan fingerprint density at radius 2 is 2.00 bits per heavy atom. The van der Waals surface area contributed by atoms with Crippen molar-refractivity contribution in [2.75, 3.05) is 18.9 Å². The smallest absolute Gasteiger partial charge is 0.238 e. The highest BCUT2D eigenvalue weighted by molar-refractivity contribution is 7.14. The zero-order chi connectivity index (χ0) is 16.9. The van der Waals surface area contributed by atoms with Gasteiger partial charge in [0.05, 0.1) is 12.2 Å². The molecule has 0 spiro atoms. The first-order chi connectivity index (χ1) is 11.6. The van der Waals surface area contributed by atoms with E-state index in [0.717, 1.165) is 22.0 Å². The molecule has 124 valence electrons. The SMILES string of the molecule is Cc1ccc(NC(=O)CN(C)Cc2csc(-c3ccsc3)n2)cc1. The van der Waals surface area contributed by atoms with Crippen molar-refractivity contribution in [2.45, 2.75) is 13.5 Å². The Morgan fingerprint density at radius 1 is 1.21 bits per heavy atom. The van der Waals surface area contributed by atoms with E-state index in [9.17, 15) is 4.79 Å².